The van der Waals surface area contributed by atoms with Gasteiger partial charge >= 0.3 is 0 Å². The molecule has 122 valence electrons. The Hall–Kier alpha value is -1.93. The van der Waals surface area contributed by atoms with E-state index in [1.165, 1.54) is 24.3 Å². The number of hydrogen-bond donors (Lipinski definition) is 3. The lowest BCUT2D eigenvalue weighted by atomic mass is 10.3. The van der Waals surface area contributed by atoms with Crippen molar-refractivity contribution in [2.24, 2.45) is 0 Å². The first-order valence-corrected chi connectivity index (χ1v) is 7.24. The van der Waals surface area contributed by atoms with Gasteiger partial charge < -0.3 is 15.0 Å². The molecule has 0 atom stereocenters. The lowest BCUT2D eigenvalue weighted by Gasteiger charge is -2.13. The van der Waals surface area contributed by atoms with Crippen LogP contribution in [0, 0.1) is 5.82 Å². The SMILES string of the molecule is CN(C)CCCNC(=S)NNC(=O)COc1ccc(F)cc1. The summed E-state index contributed by atoms with van der Waals surface area (Å²) in [5, 5.41) is 3.31. The molecule has 3 N–H and O–H groups in total. The van der Waals surface area contributed by atoms with E-state index in [1.54, 1.807) is 0 Å². The molecule has 0 aliphatic heterocycles. The molecular formula is C14H21FN4O2S. The van der Waals surface area contributed by atoms with Gasteiger partial charge in [-0.1, -0.05) is 0 Å². The van der Waals surface area contributed by atoms with Crippen LogP contribution in [0.4, 0.5) is 4.39 Å². The molecule has 1 aromatic carbocycles. The molecule has 0 aliphatic carbocycles. The number of carbonyl (C=O) groups excluding carboxylic acids is 1. The van der Waals surface area contributed by atoms with E-state index in [9.17, 15) is 9.18 Å². The summed E-state index contributed by atoms with van der Waals surface area (Å²) < 4.78 is 17.9. The summed E-state index contributed by atoms with van der Waals surface area (Å²) in [5.74, 6) is -0.327. The van der Waals surface area contributed by atoms with Crippen LogP contribution < -0.4 is 20.9 Å². The van der Waals surface area contributed by atoms with Gasteiger partial charge in [0.15, 0.2) is 11.7 Å². The highest BCUT2D eigenvalue weighted by Crippen LogP contribution is 2.10. The normalized spacial score (nSPS) is 10.2. The molecule has 0 heterocycles. The monoisotopic (exact) mass is 328 g/mol. The van der Waals surface area contributed by atoms with Gasteiger partial charge in [0.1, 0.15) is 11.6 Å². The number of amides is 1. The molecule has 0 spiro atoms. The molecule has 0 unspecified atom stereocenters. The summed E-state index contributed by atoms with van der Waals surface area (Å²) in [6.07, 6.45) is 0.941. The average Bonchev–Trinajstić information content (AvgIpc) is 2.48. The Bertz CT molecular complexity index is 482. The summed E-state index contributed by atoms with van der Waals surface area (Å²) in [6.45, 7) is 1.47. The van der Waals surface area contributed by atoms with Gasteiger partial charge in [0, 0.05) is 6.54 Å². The Morgan fingerprint density at radius 2 is 1.95 bits per heavy atom. The van der Waals surface area contributed by atoms with E-state index in [2.05, 4.69) is 21.1 Å². The number of nitrogens with zero attached hydrogens (tertiary/aromatic N) is 1. The first kappa shape index (κ1) is 18.1. The Kier molecular flexibility index (Phi) is 8.16. The van der Waals surface area contributed by atoms with Gasteiger partial charge in [0.05, 0.1) is 0 Å². The van der Waals surface area contributed by atoms with Gasteiger partial charge in [0.2, 0.25) is 0 Å². The number of halogens is 1. The second kappa shape index (κ2) is 9.91. The van der Waals surface area contributed by atoms with Crippen LogP contribution in [0.2, 0.25) is 0 Å². The zero-order valence-electron chi connectivity index (χ0n) is 12.7. The summed E-state index contributed by atoms with van der Waals surface area (Å²) in [4.78, 5) is 13.6. The molecule has 0 fully saturated rings. The Labute approximate surface area is 135 Å². The van der Waals surface area contributed by atoms with Crippen molar-refractivity contribution < 1.29 is 13.9 Å². The molecule has 0 saturated heterocycles. The molecule has 0 bridgehead atoms. The van der Waals surface area contributed by atoms with Crippen LogP contribution in [0.15, 0.2) is 24.3 Å². The largest absolute Gasteiger partial charge is 0.484 e. The fraction of sp³-hybridized carbons (Fsp3) is 0.429. The first-order valence-electron chi connectivity index (χ1n) is 6.83. The zero-order chi connectivity index (χ0) is 16.4. The van der Waals surface area contributed by atoms with Gasteiger partial charge in [-0.25, -0.2) is 4.39 Å². The van der Waals surface area contributed by atoms with Crippen LogP contribution in [-0.2, 0) is 4.79 Å². The van der Waals surface area contributed by atoms with E-state index < -0.39 is 0 Å². The lowest BCUT2D eigenvalue weighted by molar-refractivity contribution is -0.123. The molecule has 6 nitrogen and oxygen atoms in total. The van der Waals surface area contributed by atoms with Crippen molar-refractivity contribution in [3.63, 3.8) is 0 Å². The van der Waals surface area contributed by atoms with Crippen LogP contribution in [0.25, 0.3) is 0 Å². The second-order valence-electron chi connectivity index (χ2n) is 4.83. The van der Waals surface area contributed by atoms with Crippen LogP contribution in [-0.4, -0.2) is 49.7 Å². The zero-order valence-corrected chi connectivity index (χ0v) is 13.5. The summed E-state index contributed by atoms with van der Waals surface area (Å²) >= 11 is 5.01. The number of carbonyl (C=O) groups is 1. The number of ether oxygens (including phenoxy) is 1. The second-order valence-corrected chi connectivity index (χ2v) is 5.24. The molecule has 1 amide bonds. The van der Waals surface area contributed by atoms with E-state index in [1.807, 2.05) is 14.1 Å². The molecule has 1 rings (SSSR count). The van der Waals surface area contributed by atoms with Crippen LogP contribution >= 0.6 is 12.2 Å². The van der Waals surface area contributed by atoms with Crippen molar-refractivity contribution in [2.75, 3.05) is 33.8 Å². The minimum absolute atomic E-state index is 0.193. The van der Waals surface area contributed by atoms with E-state index >= 15 is 0 Å². The molecule has 22 heavy (non-hydrogen) atoms. The molecule has 0 aliphatic rings. The standard InChI is InChI=1S/C14H21FN4O2S/c1-19(2)9-3-8-16-14(22)18-17-13(20)10-21-12-6-4-11(15)5-7-12/h4-7H,3,8-10H2,1-2H3,(H,17,20)(H2,16,18,22). The van der Waals surface area contributed by atoms with Gasteiger partial charge in [-0.2, -0.15) is 0 Å². The summed E-state index contributed by atoms with van der Waals surface area (Å²) in [6, 6.07) is 5.43. The number of thiocarbonyl (C=S) groups is 1. The van der Waals surface area contributed by atoms with E-state index in [4.69, 9.17) is 17.0 Å². The van der Waals surface area contributed by atoms with Crippen LogP contribution in [0.1, 0.15) is 6.42 Å². The average molecular weight is 328 g/mol. The third-order valence-electron chi connectivity index (χ3n) is 2.57. The fourth-order valence-corrected chi connectivity index (χ4v) is 1.64. The quantitative estimate of drug-likeness (QED) is 0.388. The highest BCUT2D eigenvalue weighted by atomic mass is 32.1. The van der Waals surface area contributed by atoms with E-state index in [-0.39, 0.29) is 18.3 Å². The van der Waals surface area contributed by atoms with Crippen molar-refractivity contribution in [1.29, 1.82) is 0 Å². The highest BCUT2D eigenvalue weighted by Gasteiger charge is 2.03. The van der Waals surface area contributed by atoms with Crippen LogP contribution in [0.5, 0.6) is 5.75 Å². The van der Waals surface area contributed by atoms with Crippen molar-refractivity contribution in [3.05, 3.63) is 30.1 Å². The maximum absolute atomic E-state index is 12.7. The smallest absolute Gasteiger partial charge is 0.276 e. The number of hydrogen-bond acceptors (Lipinski definition) is 4. The van der Waals surface area contributed by atoms with Gasteiger partial charge in [-0.05, 0) is 63.5 Å². The van der Waals surface area contributed by atoms with Crippen molar-refractivity contribution in [1.82, 2.24) is 21.1 Å². The maximum atomic E-state index is 12.7. The third-order valence-corrected chi connectivity index (χ3v) is 2.81. The van der Waals surface area contributed by atoms with Crippen LogP contribution in [0.3, 0.4) is 0 Å². The Morgan fingerprint density at radius 3 is 2.59 bits per heavy atom. The Morgan fingerprint density at radius 1 is 1.27 bits per heavy atom. The van der Waals surface area contributed by atoms with Gasteiger partial charge in [-0.3, -0.25) is 15.6 Å². The molecule has 8 heteroatoms. The minimum Gasteiger partial charge on any atom is -0.484 e. The fourth-order valence-electron chi connectivity index (χ4n) is 1.48. The Balaban J connectivity index is 2.12. The molecule has 0 saturated carbocycles. The summed E-state index contributed by atoms with van der Waals surface area (Å²) in [5.41, 5.74) is 4.99. The van der Waals surface area contributed by atoms with Crippen molar-refractivity contribution in [2.45, 2.75) is 6.42 Å². The number of hydrazine groups is 1. The topological polar surface area (TPSA) is 65.6 Å². The lowest BCUT2D eigenvalue weighted by Crippen LogP contribution is -2.48. The number of nitrogens with one attached hydrogen (secondary N) is 3. The summed E-state index contributed by atoms with van der Waals surface area (Å²) in [7, 11) is 4.00. The highest BCUT2D eigenvalue weighted by molar-refractivity contribution is 7.80. The molecule has 0 radical (unpaired) electrons. The van der Waals surface area contributed by atoms with E-state index in [0.717, 1.165) is 13.0 Å². The third kappa shape index (κ3) is 8.38. The molecule has 1 aromatic rings. The van der Waals surface area contributed by atoms with Crippen molar-refractivity contribution in [3.8, 4) is 5.75 Å². The number of rotatable bonds is 7. The van der Waals surface area contributed by atoms with Gasteiger partial charge in [0.25, 0.3) is 5.91 Å². The van der Waals surface area contributed by atoms with E-state index in [0.29, 0.717) is 17.4 Å². The number of benzene rings is 1. The molecular weight excluding hydrogens is 307 g/mol. The minimum atomic E-state index is -0.387. The van der Waals surface area contributed by atoms with Crippen molar-refractivity contribution >= 4 is 23.2 Å². The predicted octanol–water partition coefficient (Wildman–Crippen LogP) is 0.652. The van der Waals surface area contributed by atoms with Gasteiger partial charge in [-0.15, -0.1) is 0 Å². The molecule has 0 aromatic heterocycles. The first-order chi connectivity index (χ1) is 10.5. The maximum Gasteiger partial charge on any atom is 0.276 e. The predicted molar refractivity (Wildman–Crippen MR) is 86.9 cm³/mol.